The lowest BCUT2D eigenvalue weighted by atomic mass is 9.84. The van der Waals surface area contributed by atoms with Crippen LogP contribution in [0, 0.1) is 5.92 Å². The lowest BCUT2D eigenvalue weighted by Crippen LogP contribution is -2.54. The number of rotatable bonds is 5. The Labute approximate surface area is 181 Å². The van der Waals surface area contributed by atoms with Crippen molar-refractivity contribution in [2.45, 2.75) is 76.8 Å². The topological polar surface area (TPSA) is 52.7 Å². The molecular formula is C25H37N3O2. The quantitative estimate of drug-likeness (QED) is 0.807. The molecule has 5 heteroatoms. The maximum absolute atomic E-state index is 13.1. The zero-order valence-electron chi connectivity index (χ0n) is 18.5. The highest BCUT2D eigenvalue weighted by atomic mass is 16.2. The highest BCUT2D eigenvalue weighted by Crippen LogP contribution is 2.39. The molecule has 1 aromatic carbocycles. The molecule has 1 saturated heterocycles. The molecular weight excluding hydrogens is 374 g/mol. The fourth-order valence-corrected chi connectivity index (χ4v) is 5.93. The van der Waals surface area contributed by atoms with Crippen LogP contribution in [0.5, 0.6) is 0 Å². The van der Waals surface area contributed by atoms with Crippen molar-refractivity contribution in [1.82, 2.24) is 15.1 Å². The molecule has 0 aromatic heterocycles. The summed E-state index contributed by atoms with van der Waals surface area (Å²) in [5, 5.41) is 2.78. The molecule has 1 aromatic rings. The third kappa shape index (κ3) is 4.88. The minimum absolute atomic E-state index is 0.0632. The largest absolute Gasteiger partial charge is 0.356 e. The number of likely N-dealkylation sites (tertiary alicyclic amines) is 1. The first kappa shape index (κ1) is 21.4. The van der Waals surface area contributed by atoms with Gasteiger partial charge in [-0.1, -0.05) is 43.5 Å². The lowest BCUT2D eigenvalue weighted by molar-refractivity contribution is -0.133. The first-order valence-corrected chi connectivity index (χ1v) is 11.9. The fourth-order valence-electron chi connectivity index (χ4n) is 5.93. The van der Waals surface area contributed by atoms with Crippen LogP contribution in [0.15, 0.2) is 24.3 Å². The van der Waals surface area contributed by atoms with Crippen LogP contribution < -0.4 is 5.32 Å². The molecule has 1 saturated carbocycles. The summed E-state index contributed by atoms with van der Waals surface area (Å²) in [5.74, 6) is 0.899. The highest BCUT2D eigenvalue weighted by molar-refractivity contribution is 5.78. The summed E-state index contributed by atoms with van der Waals surface area (Å²) >= 11 is 0. The molecule has 1 N–H and O–H groups in total. The van der Waals surface area contributed by atoms with Gasteiger partial charge in [0.25, 0.3) is 0 Å². The highest BCUT2D eigenvalue weighted by Gasteiger charge is 2.45. The minimum atomic E-state index is -0.0741. The molecule has 2 heterocycles. The van der Waals surface area contributed by atoms with Gasteiger partial charge in [0.05, 0.1) is 0 Å². The molecule has 4 rings (SSSR count). The van der Waals surface area contributed by atoms with Crippen molar-refractivity contribution >= 4 is 11.8 Å². The Balaban J connectivity index is 1.54. The number of hydrogen-bond acceptors (Lipinski definition) is 3. The summed E-state index contributed by atoms with van der Waals surface area (Å²) in [6.45, 7) is 5.78. The van der Waals surface area contributed by atoms with E-state index in [4.69, 9.17) is 0 Å². The molecule has 164 valence electrons. The maximum Gasteiger partial charge on any atom is 0.224 e. The van der Waals surface area contributed by atoms with Crippen molar-refractivity contribution < 1.29 is 9.59 Å². The van der Waals surface area contributed by atoms with Gasteiger partial charge in [-0.05, 0) is 55.7 Å². The van der Waals surface area contributed by atoms with Gasteiger partial charge in [0, 0.05) is 45.1 Å². The van der Waals surface area contributed by atoms with Crippen LogP contribution in [0.25, 0.3) is 0 Å². The summed E-state index contributed by atoms with van der Waals surface area (Å²) in [6.07, 6.45) is 10.7. The third-order valence-electron chi connectivity index (χ3n) is 7.49. The Hall–Kier alpha value is -1.88. The number of amides is 2. The minimum Gasteiger partial charge on any atom is -0.356 e. The Morgan fingerprint density at radius 2 is 1.87 bits per heavy atom. The van der Waals surface area contributed by atoms with Crippen LogP contribution in [-0.4, -0.2) is 53.3 Å². The number of nitrogens with zero attached hydrogens (tertiary/aromatic N) is 2. The number of nitrogens with one attached hydrogen (secondary N) is 1. The van der Waals surface area contributed by atoms with Gasteiger partial charge in [0.1, 0.15) is 0 Å². The van der Waals surface area contributed by atoms with Crippen LogP contribution in [-0.2, 0) is 22.6 Å². The van der Waals surface area contributed by atoms with E-state index in [-0.39, 0.29) is 17.4 Å². The molecule has 0 bridgehead atoms. The Morgan fingerprint density at radius 3 is 2.63 bits per heavy atom. The summed E-state index contributed by atoms with van der Waals surface area (Å²) in [7, 11) is 0. The SMILES string of the molecule is CC(=O)NCCC(=O)N1Cc2ccccc2CC2(CCCN2CC2CCCCC2)C1. The maximum atomic E-state index is 13.1. The molecule has 1 aliphatic carbocycles. The first-order chi connectivity index (χ1) is 14.6. The van der Waals surface area contributed by atoms with Crippen molar-refractivity contribution in [3.63, 3.8) is 0 Å². The molecule has 2 amide bonds. The van der Waals surface area contributed by atoms with Crippen molar-refractivity contribution in [2.75, 3.05) is 26.2 Å². The molecule has 3 aliphatic rings. The molecule has 30 heavy (non-hydrogen) atoms. The number of carbonyl (C=O) groups is 2. The molecule has 1 spiro atoms. The van der Waals surface area contributed by atoms with Gasteiger partial charge >= 0.3 is 0 Å². The van der Waals surface area contributed by atoms with Gasteiger partial charge in [-0.25, -0.2) is 0 Å². The zero-order valence-corrected chi connectivity index (χ0v) is 18.5. The van der Waals surface area contributed by atoms with Crippen LogP contribution >= 0.6 is 0 Å². The van der Waals surface area contributed by atoms with E-state index >= 15 is 0 Å². The van der Waals surface area contributed by atoms with Gasteiger partial charge in [-0.15, -0.1) is 0 Å². The van der Waals surface area contributed by atoms with Crippen molar-refractivity contribution in [1.29, 1.82) is 0 Å². The summed E-state index contributed by atoms with van der Waals surface area (Å²) < 4.78 is 0. The molecule has 2 aliphatic heterocycles. The number of benzene rings is 1. The monoisotopic (exact) mass is 411 g/mol. The van der Waals surface area contributed by atoms with Crippen LogP contribution in [0.4, 0.5) is 0 Å². The summed E-state index contributed by atoms with van der Waals surface area (Å²) in [4.78, 5) is 29.2. The first-order valence-electron chi connectivity index (χ1n) is 11.9. The molecule has 0 radical (unpaired) electrons. The van der Waals surface area contributed by atoms with E-state index in [0.717, 1.165) is 25.4 Å². The van der Waals surface area contributed by atoms with Gasteiger partial charge in [-0.3, -0.25) is 14.5 Å². The summed E-state index contributed by atoms with van der Waals surface area (Å²) in [5.41, 5.74) is 2.75. The summed E-state index contributed by atoms with van der Waals surface area (Å²) in [6, 6.07) is 8.68. The molecule has 1 atom stereocenters. The smallest absolute Gasteiger partial charge is 0.224 e. The fraction of sp³-hybridized carbons (Fsp3) is 0.680. The average molecular weight is 412 g/mol. The van der Waals surface area contributed by atoms with Crippen molar-refractivity contribution in [3.05, 3.63) is 35.4 Å². The van der Waals surface area contributed by atoms with Crippen molar-refractivity contribution in [3.8, 4) is 0 Å². The Kier molecular flexibility index (Phi) is 6.77. The Bertz CT molecular complexity index is 759. The predicted octanol–water partition coefficient (Wildman–Crippen LogP) is 3.51. The Morgan fingerprint density at radius 1 is 1.10 bits per heavy atom. The normalized spacial score (nSPS) is 25.2. The van der Waals surface area contributed by atoms with Crippen LogP contribution in [0.3, 0.4) is 0 Å². The van der Waals surface area contributed by atoms with Gasteiger partial charge in [-0.2, -0.15) is 0 Å². The standard InChI is InChI=1S/C25H37N3O2/c1-20(29)26-14-12-24(30)27-18-23-11-6-5-10-22(23)16-25(19-27)13-7-15-28(25)17-21-8-3-2-4-9-21/h5-6,10-11,21H,2-4,7-9,12-19H2,1H3,(H,26,29). The number of fused-ring (bicyclic) bond motifs is 1. The number of hydrogen-bond donors (Lipinski definition) is 1. The second kappa shape index (κ2) is 9.51. The molecule has 5 nitrogen and oxygen atoms in total. The van der Waals surface area contributed by atoms with E-state index in [1.807, 2.05) is 0 Å². The molecule has 2 fully saturated rings. The van der Waals surface area contributed by atoms with E-state index in [1.54, 1.807) is 0 Å². The second-order valence-corrected chi connectivity index (χ2v) is 9.71. The van der Waals surface area contributed by atoms with E-state index in [0.29, 0.717) is 19.5 Å². The van der Waals surface area contributed by atoms with Crippen molar-refractivity contribution in [2.24, 2.45) is 5.92 Å². The van der Waals surface area contributed by atoms with E-state index < -0.39 is 0 Å². The average Bonchev–Trinajstić information content (AvgIpc) is 3.01. The number of carbonyl (C=O) groups excluding carboxylic acids is 2. The van der Waals surface area contributed by atoms with E-state index in [1.165, 1.54) is 69.5 Å². The van der Waals surface area contributed by atoms with Crippen LogP contribution in [0.1, 0.15) is 69.4 Å². The van der Waals surface area contributed by atoms with E-state index in [9.17, 15) is 9.59 Å². The third-order valence-corrected chi connectivity index (χ3v) is 7.49. The van der Waals surface area contributed by atoms with Crippen LogP contribution in [0.2, 0.25) is 0 Å². The van der Waals surface area contributed by atoms with Gasteiger partial charge < -0.3 is 10.2 Å². The zero-order chi connectivity index (χ0) is 21.0. The van der Waals surface area contributed by atoms with Gasteiger partial charge in [0.2, 0.25) is 11.8 Å². The molecule has 1 unspecified atom stereocenters. The van der Waals surface area contributed by atoms with Gasteiger partial charge in [0.15, 0.2) is 0 Å². The lowest BCUT2D eigenvalue weighted by Gasteiger charge is -2.42. The van der Waals surface area contributed by atoms with E-state index in [2.05, 4.69) is 39.4 Å². The second-order valence-electron chi connectivity index (χ2n) is 9.71. The predicted molar refractivity (Wildman–Crippen MR) is 119 cm³/mol.